The second kappa shape index (κ2) is 12.9. The molecule has 0 saturated carbocycles. The molecule has 0 radical (unpaired) electrons. The smallest absolute Gasteiger partial charge is 0.264 e. The molecule has 3 aromatic rings. The van der Waals surface area contributed by atoms with Gasteiger partial charge in [-0.05, 0) is 62.7 Å². The zero-order valence-electron chi connectivity index (χ0n) is 21.8. The molecule has 3 aromatic carbocycles. The Morgan fingerprint density at radius 1 is 1.03 bits per heavy atom. The van der Waals surface area contributed by atoms with Gasteiger partial charge in [0.05, 0.1) is 17.2 Å². The average Bonchev–Trinajstić information content (AvgIpc) is 2.90. The summed E-state index contributed by atoms with van der Waals surface area (Å²) < 4.78 is 35.5. The van der Waals surface area contributed by atoms with E-state index in [1.165, 1.54) is 24.1 Å². The molecule has 1 atom stereocenters. The third-order valence-corrected chi connectivity index (χ3v) is 8.24. The summed E-state index contributed by atoms with van der Waals surface area (Å²) in [6, 6.07) is 19.6. The topological polar surface area (TPSA) is 96.0 Å². The highest BCUT2D eigenvalue weighted by atomic mass is 79.9. The first-order valence-electron chi connectivity index (χ1n) is 12.1. The van der Waals surface area contributed by atoms with Gasteiger partial charge in [0, 0.05) is 18.1 Å². The Hall–Kier alpha value is -3.37. The highest BCUT2D eigenvalue weighted by Gasteiger charge is 2.33. The number of ether oxygens (including phenoxy) is 1. The van der Waals surface area contributed by atoms with E-state index in [1.807, 2.05) is 31.2 Å². The third-order valence-electron chi connectivity index (χ3n) is 5.98. The van der Waals surface area contributed by atoms with E-state index < -0.39 is 28.5 Å². The minimum absolute atomic E-state index is 0.0418. The minimum atomic E-state index is -4.17. The molecule has 0 aromatic heterocycles. The van der Waals surface area contributed by atoms with Gasteiger partial charge in [-0.1, -0.05) is 57.9 Å². The zero-order chi connectivity index (χ0) is 27.9. The number of anilines is 1. The molecule has 10 heteroatoms. The molecule has 0 bridgehead atoms. The first-order chi connectivity index (χ1) is 18.1. The zero-order valence-corrected chi connectivity index (χ0v) is 24.3. The Bertz CT molecular complexity index is 1380. The summed E-state index contributed by atoms with van der Waals surface area (Å²) in [5.41, 5.74) is 1.92. The van der Waals surface area contributed by atoms with E-state index in [0.29, 0.717) is 12.4 Å². The van der Waals surface area contributed by atoms with E-state index in [9.17, 15) is 18.0 Å². The molecule has 1 N–H and O–H groups in total. The van der Waals surface area contributed by atoms with Gasteiger partial charge in [0.15, 0.2) is 0 Å². The number of nitrogens with one attached hydrogen (secondary N) is 1. The Kier molecular flexibility index (Phi) is 9.93. The molecule has 202 valence electrons. The van der Waals surface area contributed by atoms with E-state index in [2.05, 4.69) is 21.2 Å². The number of halogens is 1. The monoisotopic (exact) mass is 601 g/mol. The number of para-hydroxylation sites is 2. The van der Waals surface area contributed by atoms with Crippen LogP contribution in [0.4, 0.5) is 5.69 Å². The molecule has 0 aliphatic rings. The van der Waals surface area contributed by atoms with Crippen molar-refractivity contribution in [3.8, 4) is 5.75 Å². The maximum atomic E-state index is 13.9. The molecule has 0 aliphatic carbocycles. The van der Waals surface area contributed by atoms with Crippen molar-refractivity contribution in [2.75, 3.05) is 24.5 Å². The van der Waals surface area contributed by atoms with Crippen LogP contribution in [-0.2, 0) is 26.2 Å². The highest BCUT2D eigenvalue weighted by Crippen LogP contribution is 2.33. The van der Waals surface area contributed by atoms with Gasteiger partial charge in [0.2, 0.25) is 11.8 Å². The summed E-state index contributed by atoms with van der Waals surface area (Å²) >= 11 is 3.44. The summed E-state index contributed by atoms with van der Waals surface area (Å²) in [5.74, 6) is -0.574. The third kappa shape index (κ3) is 6.93. The summed E-state index contributed by atoms with van der Waals surface area (Å²) in [5, 5.41) is 2.58. The predicted octanol–water partition coefficient (Wildman–Crippen LogP) is 4.51. The van der Waals surface area contributed by atoms with Crippen LogP contribution in [0.3, 0.4) is 0 Å². The summed E-state index contributed by atoms with van der Waals surface area (Å²) in [6.07, 6.45) is 0. The summed E-state index contributed by atoms with van der Waals surface area (Å²) in [4.78, 5) is 27.9. The predicted molar refractivity (Wildman–Crippen MR) is 152 cm³/mol. The van der Waals surface area contributed by atoms with Gasteiger partial charge in [0.25, 0.3) is 10.0 Å². The second-order valence-corrected chi connectivity index (χ2v) is 11.4. The quantitative estimate of drug-likeness (QED) is 0.349. The fourth-order valence-electron chi connectivity index (χ4n) is 3.92. The summed E-state index contributed by atoms with van der Waals surface area (Å²) in [6.45, 7) is 5.16. The number of aryl methyl sites for hydroxylation is 1. The van der Waals surface area contributed by atoms with Crippen LogP contribution in [0.1, 0.15) is 25.0 Å². The number of carbonyl (C=O) groups excluding carboxylic acids is 2. The Balaban J connectivity index is 2.09. The number of likely N-dealkylation sites (N-methyl/N-ethyl adjacent to an activating group) is 1. The standard InChI is InChI=1S/C28H32BrN3O5S/c1-5-37-26-12-7-6-11-25(26)32(38(35,36)24-15-13-20(2)14-16-24)19-27(33)31(21(3)28(34)30-4)18-22-9-8-10-23(29)17-22/h6-17,21H,5,18-19H2,1-4H3,(H,30,34)/t21-/m0/s1. The lowest BCUT2D eigenvalue weighted by Gasteiger charge is -2.32. The maximum absolute atomic E-state index is 13.9. The number of nitrogens with zero attached hydrogens (tertiary/aromatic N) is 2. The molecule has 3 rings (SSSR count). The number of hydrogen-bond acceptors (Lipinski definition) is 5. The summed E-state index contributed by atoms with van der Waals surface area (Å²) in [7, 11) is -2.68. The SMILES string of the molecule is CCOc1ccccc1N(CC(=O)N(Cc1cccc(Br)c1)[C@@H](C)C(=O)NC)S(=O)(=O)c1ccc(C)cc1. The van der Waals surface area contributed by atoms with E-state index >= 15 is 0 Å². The van der Waals surface area contributed by atoms with Crippen LogP contribution in [0.5, 0.6) is 5.75 Å². The van der Waals surface area contributed by atoms with E-state index in [0.717, 1.165) is 19.9 Å². The number of hydrogen-bond donors (Lipinski definition) is 1. The highest BCUT2D eigenvalue weighted by molar-refractivity contribution is 9.10. The van der Waals surface area contributed by atoms with Crippen molar-refractivity contribution in [1.82, 2.24) is 10.2 Å². The molecule has 0 unspecified atom stereocenters. The molecule has 0 saturated heterocycles. The van der Waals surface area contributed by atoms with Gasteiger partial charge in [-0.3, -0.25) is 13.9 Å². The van der Waals surface area contributed by atoms with Crippen LogP contribution in [0.15, 0.2) is 82.2 Å². The van der Waals surface area contributed by atoms with Gasteiger partial charge in [-0.25, -0.2) is 8.42 Å². The van der Waals surface area contributed by atoms with Crippen molar-refractivity contribution in [3.05, 3.63) is 88.4 Å². The number of benzene rings is 3. The fourth-order valence-corrected chi connectivity index (χ4v) is 5.79. The van der Waals surface area contributed by atoms with Crippen LogP contribution in [0, 0.1) is 6.92 Å². The minimum Gasteiger partial charge on any atom is -0.492 e. The normalized spacial score (nSPS) is 11.9. The Labute approximate surface area is 232 Å². The first kappa shape index (κ1) is 29.2. The van der Waals surface area contributed by atoms with Crippen molar-refractivity contribution < 1.29 is 22.7 Å². The number of carbonyl (C=O) groups is 2. The largest absolute Gasteiger partial charge is 0.492 e. The lowest BCUT2D eigenvalue weighted by Crippen LogP contribution is -2.50. The van der Waals surface area contributed by atoms with Crippen molar-refractivity contribution in [2.45, 2.75) is 38.3 Å². The molecule has 2 amide bonds. The van der Waals surface area contributed by atoms with Gasteiger partial charge >= 0.3 is 0 Å². The second-order valence-electron chi connectivity index (χ2n) is 8.67. The molecule has 0 heterocycles. The van der Waals surface area contributed by atoms with Crippen molar-refractivity contribution in [1.29, 1.82) is 0 Å². The van der Waals surface area contributed by atoms with E-state index in [4.69, 9.17) is 4.74 Å². The molecule has 0 aliphatic heterocycles. The van der Waals surface area contributed by atoms with Crippen LogP contribution in [0.25, 0.3) is 0 Å². The molecule has 0 fully saturated rings. The van der Waals surface area contributed by atoms with Crippen molar-refractivity contribution in [3.63, 3.8) is 0 Å². The van der Waals surface area contributed by atoms with Crippen LogP contribution in [-0.4, -0.2) is 51.4 Å². The van der Waals surface area contributed by atoms with Gasteiger partial charge in [-0.2, -0.15) is 0 Å². The maximum Gasteiger partial charge on any atom is 0.264 e. The lowest BCUT2D eigenvalue weighted by atomic mass is 10.1. The van der Waals surface area contributed by atoms with E-state index in [-0.39, 0.29) is 23.0 Å². The van der Waals surface area contributed by atoms with Gasteiger partial charge in [0.1, 0.15) is 18.3 Å². The number of sulfonamides is 1. The van der Waals surface area contributed by atoms with Crippen LogP contribution >= 0.6 is 15.9 Å². The average molecular weight is 603 g/mol. The Morgan fingerprint density at radius 2 is 1.71 bits per heavy atom. The molecule has 38 heavy (non-hydrogen) atoms. The number of rotatable bonds is 11. The first-order valence-corrected chi connectivity index (χ1v) is 14.4. The van der Waals surface area contributed by atoms with Crippen molar-refractivity contribution in [2.24, 2.45) is 0 Å². The van der Waals surface area contributed by atoms with Crippen LogP contribution in [0.2, 0.25) is 0 Å². The number of amides is 2. The molecule has 0 spiro atoms. The van der Waals surface area contributed by atoms with E-state index in [1.54, 1.807) is 50.2 Å². The molecular weight excluding hydrogens is 570 g/mol. The van der Waals surface area contributed by atoms with Gasteiger partial charge in [-0.15, -0.1) is 0 Å². The lowest BCUT2D eigenvalue weighted by molar-refractivity contribution is -0.139. The van der Waals surface area contributed by atoms with Gasteiger partial charge < -0.3 is 15.0 Å². The van der Waals surface area contributed by atoms with Crippen molar-refractivity contribution >= 4 is 43.5 Å². The van der Waals surface area contributed by atoms with Crippen LogP contribution < -0.4 is 14.4 Å². The molecular formula is C28H32BrN3O5S. The fraction of sp³-hybridized carbons (Fsp3) is 0.286. The molecule has 8 nitrogen and oxygen atoms in total. The Morgan fingerprint density at radius 3 is 2.34 bits per heavy atom.